The number of ether oxygens (including phenoxy) is 2. The van der Waals surface area contributed by atoms with Crippen molar-refractivity contribution < 1.29 is 18.7 Å². The van der Waals surface area contributed by atoms with Gasteiger partial charge >= 0.3 is 5.97 Å². The van der Waals surface area contributed by atoms with E-state index in [4.69, 9.17) is 9.47 Å². The van der Waals surface area contributed by atoms with Crippen LogP contribution in [0.15, 0.2) is 24.3 Å². The molecule has 0 unspecified atom stereocenters. The van der Waals surface area contributed by atoms with Gasteiger partial charge in [-0.2, -0.15) is 9.49 Å². The van der Waals surface area contributed by atoms with Gasteiger partial charge in [-0.3, -0.25) is 0 Å². The van der Waals surface area contributed by atoms with Crippen LogP contribution in [-0.4, -0.2) is 29.5 Å². The van der Waals surface area contributed by atoms with Crippen LogP contribution in [-0.2, 0) is 4.74 Å². The molecule has 20 heavy (non-hydrogen) atoms. The fourth-order valence-corrected chi connectivity index (χ4v) is 1.83. The Kier molecular flexibility index (Phi) is 4.02. The Morgan fingerprint density at radius 3 is 2.55 bits per heavy atom. The molecule has 0 fully saturated rings. The molecule has 0 N–H and O–H groups in total. The Morgan fingerprint density at radius 2 is 2.00 bits per heavy atom. The average molecular weight is 278 g/mol. The molecule has 2 rings (SSSR count). The minimum absolute atomic E-state index is 0.136. The fourth-order valence-electron chi connectivity index (χ4n) is 1.83. The number of carbonyl (C=O) groups is 1. The molecule has 2 aromatic rings. The van der Waals surface area contributed by atoms with Crippen molar-refractivity contribution in [3.05, 3.63) is 41.5 Å². The maximum Gasteiger partial charge on any atom is 0.344 e. The highest BCUT2D eigenvalue weighted by molar-refractivity contribution is 5.90. The number of rotatable bonds is 4. The summed E-state index contributed by atoms with van der Waals surface area (Å²) in [5.74, 6) is -0.781. The molecular weight excluding hydrogens is 263 g/mol. The van der Waals surface area contributed by atoms with Gasteiger partial charge in [-0.15, -0.1) is 0 Å². The Labute approximate surface area is 115 Å². The average Bonchev–Trinajstić information content (AvgIpc) is 2.74. The number of hydrogen-bond acceptors (Lipinski definition) is 4. The van der Waals surface area contributed by atoms with Gasteiger partial charge in [-0.05, 0) is 38.1 Å². The largest absolute Gasteiger partial charge is 0.497 e. The second-order valence-electron chi connectivity index (χ2n) is 4.08. The van der Waals surface area contributed by atoms with Crippen LogP contribution >= 0.6 is 0 Å². The van der Waals surface area contributed by atoms with Crippen LogP contribution in [0.4, 0.5) is 4.39 Å². The van der Waals surface area contributed by atoms with Crippen molar-refractivity contribution >= 4 is 5.97 Å². The van der Waals surface area contributed by atoms with Gasteiger partial charge in [0.15, 0.2) is 0 Å². The molecule has 0 amide bonds. The lowest BCUT2D eigenvalue weighted by Crippen LogP contribution is -2.08. The zero-order valence-corrected chi connectivity index (χ0v) is 11.5. The lowest BCUT2D eigenvalue weighted by atomic mass is 10.2. The maximum atomic E-state index is 14.3. The lowest BCUT2D eigenvalue weighted by molar-refractivity contribution is 0.0520. The molecule has 1 aromatic heterocycles. The summed E-state index contributed by atoms with van der Waals surface area (Å²) in [6.07, 6.45) is 0. The van der Waals surface area contributed by atoms with E-state index in [0.717, 1.165) is 4.68 Å². The molecule has 5 nitrogen and oxygen atoms in total. The first-order valence-corrected chi connectivity index (χ1v) is 6.15. The summed E-state index contributed by atoms with van der Waals surface area (Å²) in [6, 6.07) is 6.69. The highest BCUT2D eigenvalue weighted by Crippen LogP contribution is 2.20. The molecule has 0 aliphatic carbocycles. The van der Waals surface area contributed by atoms with Crippen LogP contribution in [0.5, 0.6) is 5.75 Å². The summed E-state index contributed by atoms with van der Waals surface area (Å²) in [7, 11) is 1.55. The molecule has 0 aliphatic rings. The van der Waals surface area contributed by atoms with E-state index in [2.05, 4.69) is 5.10 Å². The summed E-state index contributed by atoms with van der Waals surface area (Å²) in [6.45, 7) is 3.42. The molecule has 0 bridgehead atoms. The molecule has 1 aromatic carbocycles. The number of carbonyl (C=O) groups excluding carboxylic acids is 1. The van der Waals surface area contributed by atoms with Gasteiger partial charge in [-0.25, -0.2) is 9.48 Å². The quantitative estimate of drug-likeness (QED) is 0.806. The zero-order chi connectivity index (χ0) is 14.7. The monoisotopic (exact) mass is 278 g/mol. The second kappa shape index (κ2) is 5.73. The first-order chi connectivity index (χ1) is 9.58. The van der Waals surface area contributed by atoms with Crippen molar-refractivity contribution in [2.45, 2.75) is 13.8 Å². The van der Waals surface area contributed by atoms with Crippen LogP contribution in [0.3, 0.4) is 0 Å². The van der Waals surface area contributed by atoms with Gasteiger partial charge in [0.05, 0.1) is 25.1 Å². The number of methoxy groups -OCH3 is 1. The van der Waals surface area contributed by atoms with Crippen LogP contribution in [0.25, 0.3) is 5.69 Å². The number of aromatic nitrogens is 2. The molecule has 6 heteroatoms. The Hall–Kier alpha value is -2.37. The number of esters is 1. The second-order valence-corrected chi connectivity index (χ2v) is 4.08. The van der Waals surface area contributed by atoms with Crippen LogP contribution < -0.4 is 4.74 Å². The fraction of sp³-hybridized carbons (Fsp3) is 0.286. The molecule has 0 aliphatic heterocycles. The van der Waals surface area contributed by atoms with E-state index in [1.54, 1.807) is 45.2 Å². The SMILES string of the molecule is CCOC(=O)c1c(C)nn(-c2ccc(OC)cc2)c1F. The summed E-state index contributed by atoms with van der Waals surface area (Å²) >= 11 is 0. The van der Waals surface area contributed by atoms with Crippen LogP contribution in [0, 0.1) is 12.9 Å². The van der Waals surface area contributed by atoms with Gasteiger partial charge in [0.25, 0.3) is 0 Å². The summed E-state index contributed by atoms with van der Waals surface area (Å²) in [5.41, 5.74) is 0.654. The normalized spacial score (nSPS) is 10.4. The van der Waals surface area contributed by atoms with Crippen molar-refractivity contribution in [1.29, 1.82) is 0 Å². The third-order valence-electron chi connectivity index (χ3n) is 2.80. The van der Waals surface area contributed by atoms with Crippen molar-refractivity contribution in [3.8, 4) is 11.4 Å². The lowest BCUT2D eigenvalue weighted by Gasteiger charge is -2.04. The first kappa shape index (κ1) is 14.0. The Morgan fingerprint density at radius 1 is 1.35 bits per heavy atom. The highest BCUT2D eigenvalue weighted by atomic mass is 19.1. The maximum absolute atomic E-state index is 14.3. The Bertz CT molecular complexity index is 620. The molecule has 106 valence electrons. The third-order valence-corrected chi connectivity index (χ3v) is 2.80. The predicted molar refractivity (Wildman–Crippen MR) is 70.8 cm³/mol. The van der Waals surface area contributed by atoms with Crippen LogP contribution in [0.2, 0.25) is 0 Å². The molecule has 0 saturated heterocycles. The van der Waals surface area contributed by atoms with Gasteiger partial charge in [-0.1, -0.05) is 0 Å². The first-order valence-electron chi connectivity index (χ1n) is 6.15. The van der Waals surface area contributed by atoms with E-state index >= 15 is 0 Å². The minimum atomic E-state index is -0.730. The van der Waals surface area contributed by atoms with Crippen molar-refractivity contribution in [3.63, 3.8) is 0 Å². The van der Waals surface area contributed by atoms with Gasteiger partial charge < -0.3 is 9.47 Å². The molecule has 1 heterocycles. The van der Waals surface area contributed by atoms with E-state index < -0.39 is 11.9 Å². The molecule has 0 saturated carbocycles. The van der Waals surface area contributed by atoms with Crippen molar-refractivity contribution in [1.82, 2.24) is 9.78 Å². The summed E-state index contributed by atoms with van der Waals surface area (Å²) in [5, 5.41) is 4.04. The van der Waals surface area contributed by atoms with Crippen LogP contribution in [0.1, 0.15) is 23.0 Å². The van der Waals surface area contributed by atoms with Gasteiger partial charge in [0.1, 0.15) is 11.3 Å². The number of aryl methyl sites for hydroxylation is 1. The van der Waals surface area contributed by atoms with E-state index in [1.807, 2.05) is 0 Å². The van der Waals surface area contributed by atoms with E-state index in [1.165, 1.54) is 0 Å². The van der Waals surface area contributed by atoms with E-state index in [0.29, 0.717) is 11.4 Å². The summed E-state index contributed by atoms with van der Waals surface area (Å²) < 4.78 is 25.2. The van der Waals surface area contributed by atoms with Gasteiger partial charge in [0, 0.05) is 0 Å². The van der Waals surface area contributed by atoms with Crippen molar-refractivity contribution in [2.24, 2.45) is 0 Å². The van der Waals surface area contributed by atoms with Gasteiger partial charge in [0.2, 0.25) is 5.95 Å². The topological polar surface area (TPSA) is 53.3 Å². The Balaban J connectivity index is 2.42. The van der Waals surface area contributed by atoms with E-state index in [-0.39, 0.29) is 17.9 Å². The standard InChI is InChI=1S/C14H15FN2O3/c1-4-20-14(18)12-9(2)16-17(13(12)15)10-5-7-11(19-3)8-6-10/h5-8H,4H2,1-3H3. The van der Waals surface area contributed by atoms with E-state index in [9.17, 15) is 9.18 Å². The minimum Gasteiger partial charge on any atom is -0.497 e. The van der Waals surface area contributed by atoms with Crippen molar-refractivity contribution in [2.75, 3.05) is 13.7 Å². The predicted octanol–water partition coefficient (Wildman–Crippen LogP) is 2.51. The molecular formula is C14H15FN2O3. The number of benzene rings is 1. The molecule has 0 atom stereocenters. The third kappa shape index (κ3) is 2.49. The summed E-state index contributed by atoms with van der Waals surface area (Å²) in [4.78, 5) is 11.7. The number of hydrogen-bond donors (Lipinski definition) is 0. The smallest absolute Gasteiger partial charge is 0.344 e. The zero-order valence-electron chi connectivity index (χ0n) is 11.5. The number of halogens is 1. The highest BCUT2D eigenvalue weighted by Gasteiger charge is 2.23. The molecule has 0 radical (unpaired) electrons. The number of nitrogens with zero attached hydrogens (tertiary/aromatic N) is 2. The molecule has 0 spiro atoms.